The molecule has 0 radical (unpaired) electrons. The molecule has 1 atom stereocenters. The van der Waals surface area contributed by atoms with Crippen LogP contribution >= 0.6 is 0 Å². The Morgan fingerprint density at radius 3 is 2.46 bits per heavy atom. The molecule has 3 nitrogen and oxygen atoms in total. The number of rotatable bonds is 4. The molecular formula is C10H15NO2. The number of aliphatic hydroxyl groups excluding tert-OH is 1. The van der Waals surface area contributed by atoms with Crippen LogP contribution in [0.1, 0.15) is 25.1 Å². The number of ether oxygens (including phenoxy) is 1. The van der Waals surface area contributed by atoms with Gasteiger partial charge in [-0.15, -0.1) is 0 Å². The molecule has 0 saturated carbocycles. The van der Waals surface area contributed by atoms with E-state index in [-0.39, 0.29) is 0 Å². The Balaban J connectivity index is 2.59. The SMILES string of the molecule is CCCOc1ccc(C(N)O)cc1. The second-order valence-corrected chi connectivity index (χ2v) is 2.86. The fourth-order valence-corrected chi connectivity index (χ4v) is 0.981. The molecule has 0 fully saturated rings. The van der Waals surface area contributed by atoms with E-state index in [9.17, 15) is 0 Å². The molecule has 0 aliphatic carbocycles. The van der Waals surface area contributed by atoms with Gasteiger partial charge < -0.3 is 15.6 Å². The summed E-state index contributed by atoms with van der Waals surface area (Å²) in [5.41, 5.74) is 5.98. The Bertz CT molecular complexity index is 244. The zero-order chi connectivity index (χ0) is 9.68. The molecule has 0 saturated heterocycles. The lowest BCUT2D eigenvalue weighted by molar-refractivity contribution is 0.186. The predicted molar refractivity (Wildman–Crippen MR) is 51.4 cm³/mol. The zero-order valence-electron chi connectivity index (χ0n) is 7.73. The number of hydrogen-bond acceptors (Lipinski definition) is 3. The van der Waals surface area contributed by atoms with Gasteiger partial charge in [0.2, 0.25) is 0 Å². The minimum atomic E-state index is -0.903. The highest BCUT2D eigenvalue weighted by molar-refractivity contribution is 5.28. The molecular weight excluding hydrogens is 166 g/mol. The van der Waals surface area contributed by atoms with E-state index in [0.29, 0.717) is 12.2 Å². The van der Waals surface area contributed by atoms with Crippen LogP contribution in [0.4, 0.5) is 0 Å². The molecule has 0 aliphatic rings. The maximum absolute atomic E-state index is 9.03. The van der Waals surface area contributed by atoms with E-state index in [2.05, 4.69) is 6.92 Å². The summed E-state index contributed by atoms with van der Waals surface area (Å²) in [4.78, 5) is 0. The Morgan fingerprint density at radius 2 is 2.00 bits per heavy atom. The highest BCUT2D eigenvalue weighted by Gasteiger charge is 2.00. The zero-order valence-corrected chi connectivity index (χ0v) is 7.73. The van der Waals surface area contributed by atoms with Crippen LogP contribution in [0.5, 0.6) is 5.75 Å². The van der Waals surface area contributed by atoms with Crippen molar-refractivity contribution in [3.63, 3.8) is 0 Å². The average Bonchev–Trinajstić information content (AvgIpc) is 2.15. The van der Waals surface area contributed by atoms with Crippen LogP contribution < -0.4 is 10.5 Å². The van der Waals surface area contributed by atoms with Crippen molar-refractivity contribution in [2.24, 2.45) is 5.73 Å². The summed E-state index contributed by atoms with van der Waals surface area (Å²) in [6.45, 7) is 2.77. The third-order valence-corrected chi connectivity index (χ3v) is 1.69. The first-order chi connectivity index (χ1) is 6.24. The van der Waals surface area contributed by atoms with E-state index in [4.69, 9.17) is 15.6 Å². The van der Waals surface area contributed by atoms with E-state index in [1.54, 1.807) is 24.3 Å². The third kappa shape index (κ3) is 3.05. The van der Waals surface area contributed by atoms with Gasteiger partial charge in [-0.05, 0) is 24.1 Å². The molecule has 0 spiro atoms. The second kappa shape index (κ2) is 4.84. The van der Waals surface area contributed by atoms with E-state index >= 15 is 0 Å². The van der Waals surface area contributed by atoms with Crippen LogP contribution in [-0.4, -0.2) is 11.7 Å². The van der Waals surface area contributed by atoms with Crippen LogP contribution in [0.3, 0.4) is 0 Å². The summed E-state index contributed by atoms with van der Waals surface area (Å²) in [7, 11) is 0. The lowest BCUT2D eigenvalue weighted by Gasteiger charge is -2.07. The summed E-state index contributed by atoms with van der Waals surface area (Å²) >= 11 is 0. The number of benzene rings is 1. The van der Waals surface area contributed by atoms with E-state index in [1.165, 1.54) is 0 Å². The molecule has 72 valence electrons. The lowest BCUT2D eigenvalue weighted by Crippen LogP contribution is -2.08. The van der Waals surface area contributed by atoms with Gasteiger partial charge in [-0.2, -0.15) is 0 Å². The first kappa shape index (κ1) is 10.0. The highest BCUT2D eigenvalue weighted by Crippen LogP contribution is 2.14. The fourth-order valence-electron chi connectivity index (χ4n) is 0.981. The summed E-state index contributed by atoms with van der Waals surface area (Å²) in [5, 5.41) is 9.03. The van der Waals surface area contributed by atoms with Gasteiger partial charge in [-0.3, -0.25) is 0 Å². The summed E-state index contributed by atoms with van der Waals surface area (Å²) in [5.74, 6) is 0.811. The number of hydrogen-bond donors (Lipinski definition) is 2. The minimum absolute atomic E-state index is 0.698. The van der Waals surface area contributed by atoms with Crippen LogP contribution in [0.25, 0.3) is 0 Å². The van der Waals surface area contributed by atoms with Crippen molar-refractivity contribution in [1.82, 2.24) is 0 Å². The minimum Gasteiger partial charge on any atom is -0.494 e. The molecule has 3 heteroatoms. The second-order valence-electron chi connectivity index (χ2n) is 2.86. The average molecular weight is 181 g/mol. The molecule has 3 N–H and O–H groups in total. The van der Waals surface area contributed by atoms with Crippen molar-refractivity contribution in [2.45, 2.75) is 19.6 Å². The van der Waals surface area contributed by atoms with Crippen molar-refractivity contribution in [3.8, 4) is 5.75 Å². The van der Waals surface area contributed by atoms with E-state index in [0.717, 1.165) is 12.2 Å². The van der Waals surface area contributed by atoms with Crippen LogP contribution in [0.2, 0.25) is 0 Å². The van der Waals surface area contributed by atoms with Crippen LogP contribution in [0.15, 0.2) is 24.3 Å². The van der Waals surface area contributed by atoms with Gasteiger partial charge in [0, 0.05) is 0 Å². The molecule has 1 aromatic carbocycles. The molecule has 0 heterocycles. The van der Waals surface area contributed by atoms with Crippen molar-refractivity contribution in [1.29, 1.82) is 0 Å². The molecule has 1 rings (SSSR count). The van der Waals surface area contributed by atoms with Gasteiger partial charge in [0.15, 0.2) is 0 Å². The third-order valence-electron chi connectivity index (χ3n) is 1.69. The quantitative estimate of drug-likeness (QED) is 0.691. The Kier molecular flexibility index (Phi) is 3.73. The summed E-state index contributed by atoms with van der Waals surface area (Å²) in [6.07, 6.45) is 0.0848. The van der Waals surface area contributed by atoms with Crippen molar-refractivity contribution < 1.29 is 9.84 Å². The van der Waals surface area contributed by atoms with Crippen LogP contribution in [-0.2, 0) is 0 Å². The topological polar surface area (TPSA) is 55.5 Å². The molecule has 0 bridgehead atoms. The van der Waals surface area contributed by atoms with E-state index in [1.807, 2.05) is 0 Å². The maximum atomic E-state index is 9.03. The maximum Gasteiger partial charge on any atom is 0.128 e. The van der Waals surface area contributed by atoms with Crippen LogP contribution in [0, 0.1) is 0 Å². The molecule has 0 aliphatic heterocycles. The van der Waals surface area contributed by atoms with Crippen molar-refractivity contribution >= 4 is 0 Å². The van der Waals surface area contributed by atoms with Gasteiger partial charge in [0.1, 0.15) is 12.0 Å². The first-order valence-corrected chi connectivity index (χ1v) is 4.40. The predicted octanol–water partition coefficient (Wildman–Crippen LogP) is 1.42. The van der Waals surface area contributed by atoms with Crippen molar-refractivity contribution in [3.05, 3.63) is 29.8 Å². The largest absolute Gasteiger partial charge is 0.494 e. The van der Waals surface area contributed by atoms with Gasteiger partial charge >= 0.3 is 0 Å². The summed E-state index contributed by atoms with van der Waals surface area (Å²) in [6, 6.07) is 7.13. The van der Waals surface area contributed by atoms with Gasteiger partial charge in [-0.25, -0.2) is 0 Å². The normalized spacial score (nSPS) is 12.5. The molecule has 13 heavy (non-hydrogen) atoms. The lowest BCUT2D eigenvalue weighted by atomic mass is 10.2. The van der Waals surface area contributed by atoms with Crippen molar-refractivity contribution in [2.75, 3.05) is 6.61 Å². The molecule has 0 amide bonds. The monoisotopic (exact) mass is 181 g/mol. The first-order valence-electron chi connectivity index (χ1n) is 4.40. The number of nitrogens with two attached hydrogens (primary N) is 1. The van der Waals surface area contributed by atoms with E-state index < -0.39 is 6.23 Å². The van der Waals surface area contributed by atoms with Gasteiger partial charge in [0.25, 0.3) is 0 Å². The number of aliphatic hydroxyl groups is 1. The Labute approximate surface area is 78.1 Å². The Morgan fingerprint density at radius 1 is 1.38 bits per heavy atom. The summed E-state index contributed by atoms with van der Waals surface area (Å²) < 4.78 is 5.37. The molecule has 1 unspecified atom stereocenters. The van der Waals surface area contributed by atoms with Gasteiger partial charge in [-0.1, -0.05) is 19.1 Å². The smallest absolute Gasteiger partial charge is 0.128 e. The Hall–Kier alpha value is -1.06. The highest BCUT2D eigenvalue weighted by atomic mass is 16.5. The standard InChI is InChI=1S/C10H15NO2/c1-2-7-13-9-5-3-8(4-6-9)10(11)12/h3-6,10,12H,2,7,11H2,1H3. The molecule has 1 aromatic rings. The van der Waals surface area contributed by atoms with Gasteiger partial charge in [0.05, 0.1) is 6.61 Å². The fraction of sp³-hybridized carbons (Fsp3) is 0.400. The molecule has 0 aromatic heterocycles.